The molecule has 90 valence electrons. The second-order valence-corrected chi connectivity index (χ2v) is 3.95. The van der Waals surface area contributed by atoms with Crippen LogP contribution in [0.3, 0.4) is 0 Å². The number of aromatic amines is 1. The van der Waals surface area contributed by atoms with E-state index in [0.29, 0.717) is 16.0 Å². The average molecular weight is 256 g/mol. The highest BCUT2D eigenvalue weighted by Gasteiger charge is 2.08. The first-order valence-electron chi connectivity index (χ1n) is 4.93. The van der Waals surface area contributed by atoms with Crippen LogP contribution in [-0.4, -0.2) is 14.7 Å². The summed E-state index contributed by atoms with van der Waals surface area (Å²) in [5.74, 6) is -1.25. The zero-order valence-electron chi connectivity index (χ0n) is 8.78. The third kappa shape index (κ3) is 2.42. The number of H-pyrrole nitrogens is 1. The number of halogens is 2. The van der Waals surface area contributed by atoms with Crippen molar-refractivity contribution in [2.75, 3.05) is 0 Å². The standard InChI is InChI=1S/C11H10F2N2OS/c12-8-2-1-7(10(13)3-8)5-15-9(6-16)4-14-11(15)17/h1-4,16H,5-6H2,(H,14,17). The number of hydrogen-bond donors (Lipinski definition) is 2. The Bertz CT molecular complexity index is 591. The predicted octanol–water partition coefficient (Wildman–Crippen LogP) is 2.36. The molecule has 0 amide bonds. The number of benzene rings is 1. The van der Waals surface area contributed by atoms with Crippen molar-refractivity contribution in [2.45, 2.75) is 13.2 Å². The first kappa shape index (κ1) is 11.9. The third-order valence-corrected chi connectivity index (χ3v) is 2.80. The molecule has 2 N–H and O–H groups in total. The highest BCUT2D eigenvalue weighted by Crippen LogP contribution is 2.13. The van der Waals surface area contributed by atoms with Crippen LogP contribution in [0.5, 0.6) is 0 Å². The van der Waals surface area contributed by atoms with E-state index >= 15 is 0 Å². The third-order valence-electron chi connectivity index (χ3n) is 2.46. The summed E-state index contributed by atoms with van der Waals surface area (Å²) in [6, 6.07) is 3.37. The van der Waals surface area contributed by atoms with Crippen LogP contribution >= 0.6 is 12.2 Å². The highest BCUT2D eigenvalue weighted by molar-refractivity contribution is 7.71. The Hall–Kier alpha value is -1.53. The van der Waals surface area contributed by atoms with Crippen molar-refractivity contribution >= 4 is 12.2 Å². The van der Waals surface area contributed by atoms with Gasteiger partial charge >= 0.3 is 0 Å². The molecule has 1 aromatic heterocycles. The summed E-state index contributed by atoms with van der Waals surface area (Å²) in [5.41, 5.74) is 0.871. The molecule has 2 rings (SSSR count). The Morgan fingerprint density at radius 1 is 1.35 bits per heavy atom. The minimum atomic E-state index is -0.628. The zero-order valence-corrected chi connectivity index (χ0v) is 9.60. The molecular weight excluding hydrogens is 246 g/mol. The van der Waals surface area contributed by atoms with E-state index < -0.39 is 11.6 Å². The summed E-state index contributed by atoms with van der Waals surface area (Å²) < 4.78 is 28.1. The van der Waals surface area contributed by atoms with Crippen molar-refractivity contribution < 1.29 is 13.9 Å². The van der Waals surface area contributed by atoms with Gasteiger partial charge in [0, 0.05) is 17.8 Å². The molecule has 0 fully saturated rings. The van der Waals surface area contributed by atoms with Gasteiger partial charge in [0.25, 0.3) is 0 Å². The van der Waals surface area contributed by atoms with Crippen LogP contribution < -0.4 is 0 Å². The molecule has 0 saturated carbocycles. The van der Waals surface area contributed by atoms with Crippen LogP contribution in [0.4, 0.5) is 8.78 Å². The minimum Gasteiger partial charge on any atom is -0.390 e. The number of aliphatic hydroxyl groups is 1. The fourth-order valence-corrected chi connectivity index (χ4v) is 1.80. The van der Waals surface area contributed by atoms with E-state index in [1.165, 1.54) is 12.1 Å². The smallest absolute Gasteiger partial charge is 0.177 e. The summed E-state index contributed by atoms with van der Waals surface area (Å²) in [4.78, 5) is 2.76. The fraction of sp³-hybridized carbons (Fsp3) is 0.182. The lowest BCUT2D eigenvalue weighted by Crippen LogP contribution is -2.06. The Morgan fingerprint density at radius 2 is 2.12 bits per heavy atom. The van der Waals surface area contributed by atoms with E-state index in [-0.39, 0.29) is 13.2 Å². The molecule has 0 unspecified atom stereocenters. The van der Waals surface area contributed by atoms with E-state index in [9.17, 15) is 8.78 Å². The first-order valence-corrected chi connectivity index (χ1v) is 5.34. The first-order chi connectivity index (χ1) is 8.11. The minimum absolute atomic E-state index is 0.157. The fourth-order valence-electron chi connectivity index (χ4n) is 1.56. The number of hydrogen-bond acceptors (Lipinski definition) is 2. The summed E-state index contributed by atoms with van der Waals surface area (Å²) in [6.45, 7) is -0.0414. The molecule has 0 saturated heterocycles. The second-order valence-electron chi connectivity index (χ2n) is 3.57. The van der Waals surface area contributed by atoms with Gasteiger partial charge in [-0.2, -0.15) is 0 Å². The van der Waals surface area contributed by atoms with E-state index in [1.807, 2.05) is 0 Å². The monoisotopic (exact) mass is 256 g/mol. The number of aromatic nitrogens is 2. The van der Waals surface area contributed by atoms with Crippen molar-refractivity contribution in [3.8, 4) is 0 Å². The van der Waals surface area contributed by atoms with Crippen LogP contribution in [0.2, 0.25) is 0 Å². The molecule has 0 aliphatic carbocycles. The SMILES string of the molecule is OCc1c[nH]c(=S)n1Cc1ccc(F)cc1F. The Labute approximate surface area is 101 Å². The van der Waals surface area contributed by atoms with E-state index in [1.54, 1.807) is 10.8 Å². The number of nitrogens with one attached hydrogen (secondary N) is 1. The summed E-state index contributed by atoms with van der Waals surface area (Å²) in [5, 5.41) is 9.08. The maximum absolute atomic E-state index is 13.4. The predicted molar refractivity (Wildman–Crippen MR) is 61.0 cm³/mol. The van der Waals surface area contributed by atoms with Crippen molar-refractivity contribution in [2.24, 2.45) is 0 Å². The number of aliphatic hydroxyl groups excluding tert-OH is 1. The molecule has 1 aromatic carbocycles. The maximum atomic E-state index is 13.4. The van der Waals surface area contributed by atoms with Gasteiger partial charge in [0.15, 0.2) is 4.77 Å². The number of imidazole rings is 1. The maximum Gasteiger partial charge on any atom is 0.177 e. The van der Waals surface area contributed by atoms with E-state index in [4.69, 9.17) is 17.3 Å². The van der Waals surface area contributed by atoms with Gasteiger partial charge in [0.2, 0.25) is 0 Å². The molecule has 0 bridgehead atoms. The normalized spacial score (nSPS) is 10.8. The summed E-state index contributed by atoms with van der Waals surface area (Å²) >= 11 is 5.01. The molecule has 0 atom stereocenters. The van der Waals surface area contributed by atoms with Crippen LogP contribution in [0.1, 0.15) is 11.3 Å². The molecule has 6 heteroatoms. The highest BCUT2D eigenvalue weighted by atomic mass is 32.1. The lowest BCUT2D eigenvalue weighted by Gasteiger charge is -2.07. The lowest BCUT2D eigenvalue weighted by molar-refractivity contribution is 0.271. The molecule has 0 aliphatic heterocycles. The molecule has 17 heavy (non-hydrogen) atoms. The van der Waals surface area contributed by atoms with Crippen LogP contribution in [-0.2, 0) is 13.2 Å². The summed E-state index contributed by atoms with van der Waals surface area (Å²) in [6.07, 6.45) is 1.56. The second kappa shape index (κ2) is 4.77. The zero-order chi connectivity index (χ0) is 12.4. The number of rotatable bonds is 3. The Kier molecular flexibility index (Phi) is 3.35. The van der Waals surface area contributed by atoms with Crippen LogP contribution in [0.25, 0.3) is 0 Å². The summed E-state index contributed by atoms with van der Waals surface area (Å²) in [7, 11) is 0. The largest absolute Gasteiger partial charge is 0.390 e. The molecule has 3 nitrogen and oxygen atoms in total. The Balaban J connectivity index is 2.37. The van der Waals surface area contributed by atoms with Gasteiger partial charge in [0.05, 0.1) is 18.8 Å². The van der Waals surface area contributed by atoms with Gasteiger partial charge in [-0.25, -0.2) is 8.78 Å². The number of nitrogens with zero attached hydrogens (tertiary/aromatic N) is 1. The Morgan fingerprint density at radius 3 is 2.76 bits per heavy atom. The van der Waals surface area contributed by atoms with Gasteiger partial charge in [-0.1, -0.05) is 6.07 Å². The molecule has 1 heterocycles. The van der Waals surface area contributed by atoms with Crippen molar-refractivity contribution in [1.29, 1.82) is 0 Å². The van der Waals surface area contributed by atoms with Crippen LogP contribution in [0, 0.1) is 16.4 Å². The van der Waals surface area contributed by atoms with Crippen LogP contribution in [0.15, 0.2) is 24.4 Å². The molecular formula is C11H10F2N2OS. The molecule has 0 spiro atoms. The molecule has 0 aliphatic rings. The van der Waals surface area contributed by atoms with Crippen molar-refractivity contribution in [3.63, 3.8) is 0 Å². The quantitative estimate of drug-likeness (QED) is 0.828. The average Bonchev–Trinajstić information content (AvgIpc) is 2.64. The van der Waals surface area contributed by atoms with Crippen molar-refractivity contribution in [1.82, 2.24) is 9.55 Å². The molecule has 2 aromatic rings. The van der Waals surface area contributed by atoms with E-state index in [2.05, 4.69) is 4.98 Å². The van der Waals surface area contributed by atoms with Crippen molar-refractivity contribution in [3.05, 3.63) is 52.1 Å². The van der Waals surface area contributed by atoms with Gasteiger partial charge in [-0.05, 0) is 18.3 Å². The lowest BCUT2D eigenvalue weighted by atomic mass is 10.2. The van der Waals surface area contributed by atoms with Gasteiger partial charge in [0.1, 0.15) is 11.6 Å². The van der Waals surface area contributed by atoms with Gasteiger partial charge in [-0.15, -0.1) is 0 Å². The van der Waals surface area contributed by atoms with E-state index in [0.717, 1.165) is 6.07 Å². The topological polar surface area (TPSA) is 40.9 Å². The van der Waals surface area contributed by atoms with Gasteiger partial charge < -0.3 is 14.7 Å². The molecule has 0 radical (unpaired) electrons. The van der Waals surface area contributed by atoms with Gasteiger partial charge in [-0.3, -0.25) is 0 Å².